The van der Waals surface area contributed by atoms with Crippen molar-refractivity contribution >= 4 is 17.0 Å². The molecule has 3 nitrogen and oxygen atoms in total. The molecule has 0 saturated carbocycles. The molecule has 2 aromatic rings. The molecule has 21 heavy (non-hydrogen) atoms. The Labute approximate surface area is 131 Å². The van der Waals surface area contributed by atoms with E-state index in [0.29, 0.717) is 0 Å². The Morgan fingerprint density at radius 1 is 1.33 bits per heavy atom. The van der Waals surface area contributed by atoms with Gasteiger partial charge in [0, 0.05) is 53.7 Å². The van der Waals surface area contributed by atoms with Gasteiger partial charge in [0.2, 0.25) is 0 Å². The van der Waals surface area contributed by atoms with Gasteiger partial charge in [0.15, 0.2) is 0 Å². The number of hydrogen-bond acceptors (Lipinski definition) is 4. The summed E-state index contributed by atoms with van der Waals surface area (Å²) in [5.74, 6) is 0. The molecule has 0 bridgehead atoms. The number of aromatic nitrogens is 1. The topological polar surface area (TPSA) is 28.2 Å². The molecular formula is C17H23N3S. The molecule has 1 N–H and O–H groups in total. The highest BCUT2D eigenvalue weighted by Gasteiger charge is 2.20. The van der Waals surface area contributed by atoms with E-state index in [9.17, 15) is 0 Å². The first-order valence-electron chi connectivity index (χ1n) is 7.51. The van der Waals surface area contributed by atoms with Gasteiger partial charge in [0.25, 0.3) is 0 Å². The van der Waals surface area contributed by atoms with Crippen LogP contribution in [0, 0.1) is 0 Å². The molecule has 0 spiro atoms. The maximum absolute atomic E-state index is 4.31. The summed E-state index contributed by atoms with van der Waals surface area (Å²) in [6.07, 6.45) is 5.05. The number of rotatable bonds is 3. The van der Waals surface area contributed by atoms with Gasteiger partial charge < -0.3 is 10.2 Å². The SMILES string of the molecule is CC(C)(C)NCc1cnccc1N1CCc2sccc2C1. The number of hydrogen-bond donors (Lipinski definition) is 1. The largest absolute Gasteiger partial charge is 0.366 e. The van der Waals surface area contributed by atoms with Gasteiger partial charge in [-0.3, -0.25) is 4.98 Å². The monoisotopic (exact) mass is 301 g/mol. The Kier molecular flexibility index (Phi) is 4.00. The van der Waals surface area contributed by atoms with E-state index in [1.54, 1.807) is 4.88 Å². The zero-order valence-corrected chi connectivity index (χ0v) is 13.8. The Morgan fingerprint density at radius 3 is 3.00 bits per heavy atom. The second kappa shape index (κ2) is 5.78. The summed E-state index contributed by atoms with van der Waals surface area (Å²) in [6.45, 7) is 9.57. The van der Waals surface area contributed by atoms with Crippen molar-refractivity contribution in [1.82, 2.24) is 10.3 Å². The van der Waals surface area contributed by atoms with Gasteiger partial charge in [0.1, 0.15) is 0 Å². The molecule has 112 valence electrons. The quantitative estimate of drug-likeness (QED) is 0.939. The van der Waals surface area contributed by atoms with Gasteiger partial charge in [0.05, 0.1) is 0 Å². The molecule has 0 saturated heterocycles. The third-order valence-electron chi connectivity index (χ3n) is 3.84. The molecule has 0 radical (unpaired) electrons. The van der Waals surface area contributed by atoms with E-state index in [1.807, 2.05) is 23.7 Å². The highest BCUT2D eigenvalue weighted by molar-refractivity contribution is 7.10. The standard InChI is InChI=1S/C17H23N3S/c1-17(2,3)19-11-14-10-18-7-4-15(14)20-8-5-16-13(12-20)6-9-21-16/h4,6-7,9-10,19H,5,8,11-12H2,1-3H3. The fourth-order valence-corrected chi connectivity index (χ4v) is 3.57. The molecule has 0 aromatic carbocycles. The molecule has 3 heterocycles. The summed E-state index contributed by atoms with van der Waals surface area (Å²) >= 11 is 1.89. The average Bonchev–Trinajstić information content (AvgIpc) is 2.92. The number of pyridine rings is 1. The predicted molar refractivity (Wildman–Crippen MR) is 89.9 cm³/mol. The Bertz CT molecular complexity index is 612. The van der Waals surface area contributed by atoms with Crippen molar-refractivity contribution in [3.8, 4) is 0 Å². The highest BCUT2D eigenvalue weighted by atomic mass is 32.1. The van der Waals surface area contributed by atoms with Crippen LogP contribution in [0.25, 0.3) is 0 Å². The van der Waals surface area contributed by atoms with Crippen molar-refractivity contribution in [1.29, 1.82) is 0 Å². The second-order valence-corrected chi connectivity index (χ2v) is 7.65. The average molecular weight is 301 g/mol. The normalized spacial score (nSPS) is 15.1. The lowest BCUT2D eigenvalue weighted by Crippen LogP contribution is -2.36. The predicted octanol–water partition coefficient (Wildman–Crippen LogP) is 3.59. The summed E-state index contributed by atoms with van der Waals surface area (Å²) in [4.78, 5) is 8.34. The minimum Gasteiger partial charge on any atom is -0.366 e. The summed E-state index contributed by atoms with van der Waals surface area (Å²) in [5.41, 5.74) is 4.21. The minimum absolute atomic E-state index is 0.121. The molecule has 0 amide bonds. The summed E-state index contributed by atoms with van der Waals surface area (Å²) in [6, 6.07) is 4.41. The third-order valence-corrected chi connectivity index (χ3v) is 4.86. The zero-order chi connectivity index (χ0) is 14.9. The zero-order valence-electron chi connectivity index (χ0n) is 13.0. The van der Waals surface area contributed by atoms with Crippen molar-refractivity contribution in [3.63, 3.8) is 0 Å². The molecular weight excluding hydrogens is 278 g/mol. The second-order valence-electron chi connectivity index (χ2n) is 6.65. The van der Waals surface area contributed by atoms with E-state index in [4.69, 9.17) is 0 Å². The molecule has 1 aliphatic heterocycles. The minimum atomic E-state index is 0.121. The van der Waals surface area contributed by atoms with Crippen LogP contribution in [0.3, 0.4) is 0 Å². The lowest BCUT2D eigenvalue weighted by atomic mass is 10.1. The maximum Gasteiger partial charge on any atom is 0.0445 e. The van der Waals surface area contributed by atoms with E-state index in [2.05, 4.69) is 53.5 Å². The molecule has 0 aliphatic carbocycles. The smallest absolute Gasteiger partial charge is 0.0445 e. The first kappa shape index (κ1) is 14.5. The van der Waals surface area contributed by atoms with Crippen molar-refractivity contribution in [3.05, 3.63) is 45.9 Å². The molecule has 4 heteroatoms. The van der Waals surface area contributed by atoms with Crippen LogP contribution in [0.15, 0.2) is 29.9 Å². The van der Waals surface area contributed by atoms with Crippen LogP contribution in [0.4, 0.5) is 5.69 Å². The van der Waals surface area contributed by atoms with Crippen LogP contribution >= 0.6 is 11.3 Å². The first-order valence-corrected chi connectivity index (χ1v) is 8.39. The van der Waals surface area contributed by atoms with Crippen LogP contribution in [0.2, 0.25) is 0 Å². The third kappa shape index (κ3) is 3.44. The number of anilines is 1. The van der Waals surface area contributed by atoms with Crippen molar-refractivity contribution in [2.24, 2.45) is 0 Å². The van der Waals surface area contributed by atoms with E-state index in [-0.39, 0.29) is 5.54 Å². The van der Waals surface area contributed by atoms with E-state index < -0.39 is 0 Å². The van der Waals surface area contributed by atoms with E-state index in [1.165, 1.54) is 16.8 Å². The molecule has 0 fully saturated rings. The van der Waals surface area contributed by atoms with Crippen LogP contribution < -0.4 is 10.2 Å². The molecule has 1 aliphatic rings. The van der Waals surface area contributed by atoms with Crippen LogP contribution in [-0.4, -0.2) is 17.1 Å². The lowest BCUT2D eigenvalue weighted by Gasteiger charge is -2.31. The number of nitrogens with zero attached hydrogens (tertiary/aromatic N) is 2. The van der Waals surface area contributed by atoms with Crippen LogP contribution in [-0.2, 0) is 19.5 Å². The summed E-state index contributed by atoms with van der Waals surface area (Å²) in [5, 5.41) is 5.78. The van der Waals surface area contributed by atoms with Crippen molar-refractivity contribution < 1.29 is 0 Å². The molecule has 3 rings (SSSR count). The first-order chi connectivity index (χ1) is 10.0. The van der Waals surface area contributed by atoms with Crippen LogP contribution in [0.5, 0.6) is 0 Å². The summed E-state index contributed by atoms with van der Waals surface area (Å²) < 4.78 is 0. The Hall–Kier alpha value is -1.39. The molecule has 0 atom stereocenters. The van der Waals surface area contributed by atoms with Crippen molar-refractivity contribution in [2.75, 3.05) is 11.4 Å². The van der Waals surface area contributed by atoms with Gasteiger partial charge in [-0.25, -0.2) is 0 Å². The van der Waals surface area contributed by atoms with Crippen molar-refractivity contribution in [2.45, 2.75) is 45.8 Å². The fraction of sp³-hybridized carbons (Fsp3) is 0.471. The lowest BCUT2D eigenvalue weighted by molar-refractivity contribution is 0.424. The Balaban J connectivity index is 1.79. The number of fused-ring (bicyclic) bond motifs is 1. The van der Waals surface area contributed by atoms with Gasteiger partial charge in [-0.1, -0.05) is 0 Å². The molecule has 2 aromatic heterocycles. The highest BCUT2D eigenvalue weighted by Crippen LogP contribution is 2.29. The number of thiophene rings is 1. The molecule has 0 unspecified atom stereocenters. The Morgan fingerprint density at radius 2 is 2.19 bits per heavy atom. The van der Waals surface area contributed by atoms with Gasteiger partial charge in [-0.05, 0) is 50.3 Å². The summed E-state index contributed by atoms with van der Waals surface area (Å²) in [7, 11) is 0. The number of nitrogens with one attached hydrogen (secondary N) is 1. The fourth-order valence-electron chi connectivity index (χ4n) is 2.68. The van der Waals surface area contributed by atoms with Gasteiger partial charge >= 0.3 is 0 Å². The van der Waals surface area contributed by atoms with Crippen LogP contribution in [0.1, 0.15) is 36.8 Å². The maximum atomic E-state index is 4.31. The van der Waals surface area contributed by atoms with E-state index in [0.717, 1.165) is 26.1 Å². The van der Waals surface area contributed by atoms with Gasteiger partial charge in [-0.2, -0.15) is 0 Å². The van der Waals surface area contributed by atoms with E-state index >= 15 is 0 Å². The van der Waals surface area contributed by atoms with Gasteiger partial charge in [-0.15, -0.1) is 11.3 Å².